The Morgan fingerprint density at radius 3 is 2.29 bits per heavy atom. The summed E-state index contributed by atoms with van der Waals surface area (Å²) in [4.78, 5) is 4.41. The van der Waals surface area contributed by atoms with Crippen molar-refractivity contribution in [1.82, 2.24) is 15.2 Å². The van der Waals surface area contributed by atoms with Crippen LogP contribution in [-0.4, -0.2) is 15.2 Å². The van der Waals surface area contributed by atoms with Gasteiger partial charge in [0, 0.05) is 12.1 Å². The molecule has 17 heavy (non-hydrogen) atoms. The van der Waals surface area contributed by atoms with E-state index in [1.807, 2.05) is 38.1 Å². The van der Waals surface area contributed by atoms with Crippen molar-refractivity contribution in [2.24, 2.45) is 0 Å². The van der Waals surface area contributed by atoms with Crippen molar-refractivity contribution >= 4 is 5.69 Å². The largest absolute Gasteiger partial charge is 0.399 e. The van der Waals surface area contributed by atoms with Crippen molar-refractivity contribution in [2.75, 3.05) is 5.73 Å². The summed E-state index contributed by atoms with van der Waals surface area (Å²) in [5.41, 5.74) is 9.50. The fourth-order valence-corrected chi connectivity index (χ4v) is 1.55. The highest BCUT2D eigenvalue weighted by atomic mass is 15.2. The number of hydrogen-bond donors (Lipinski definition) is 1. The highest BCUT2D eigenvalue weighted by molar-refractivity contribution is 5.39. The van der Waals surface area contributed by atoms with Crippen molar-refractivity contribution in [2.45, 2.75) is 26.7 Å². The lowest BCUT2D eigenvalue weighted by molar-refractivity contribution is 0.772. The molecule has 0 aliphatic carbocycles. The van der Waals surface area contributed by atoms with Crippen LogP contribution in [-0.2, 0) is 12.8 Å². The Morgan fingerprint density at radius 1 is 0.941 bits per heavy atom. The third-order valence-electron chi connectivity index (χ3n) is 2.75. The van der Waals surface area contributed by atoms with E-state index >= 15 is 0 Å². The number of rotatable bonds is 3. The second-order valence-electron chi connectivity index (χ2n) is 4.14. The summed E-state index contributed by atoms with van der Waals surface area (Å²) in [5, 5.41) is 8.16. The molecule has 0 aliphatic heterocycles. The Labute approximate surface area is 101 Å². The first-order chi connectivity index (χ1) is 8.15. The molecular formula is C13H16N4. The fraction of sp³-hybridized carbons (Fsp3) is 0.308. The molecule has 2 aromatic rings. The molecule has 0 fully saturated rings. The first-order valence-electron chi connectivity index (χ1n) is 5.66. The highest BCUT2D eigenvalue weighted by Gasteiger charge is 2.02. The second kappa shape index (κ2) is 4.91. The van der Waals surface area contributed by atoms with Crippen molar-refractivity contribution in [3.05, 3.63) is 47.0 Å². The number of nitrogens with two attached hydrogens (primary N) is 1. The maximum Gasteiger partial charge on any atom is 0.151 e. The van der Waals surface area contributed by atoms with Gasteiger partial charge in [0.1, 0.15) is 0 Å². The molecule has 0 amide bonds. The molecule has 0 bridgehead atoms. The van der Waals surface area contributed by atoms with E-state index in [1.54, 1.807) is 0 Å². The van der Waals surface area contributed by atoms with Crippen LogP contribution in [0.2, 0.25) is 0 Å². The summed E-state index contributed by atoms with van der Waals surface area (Å²) in [5.74, 6) is 0.796. The van der Waals surface area contributed by atoms with E-state index in [1.165, 1.54) is 5.56 Å². The van der Waals surface area contributed by atoms with Crippen molar-refractivity contribution < 1.29 is 0 Å². The van der Waals surface area contributed by atoms with Crippen LogP contribution in [0.5, 0.6) is 0 Å². The van der Waals surface area contributed by atoms with Gasteiger partial charge >= 0.3 is 0 Å². The average molecular weight is 228 g/mol. The molecule has 4 nitrogen and oxygen atoms in total. The Kier molecular flexibility index (Phi) is 3.32. The van der Waals surface area contributed by atoms with Crippen LogP contribution in [0.15, 0.2) is 24.3 Å². The lowest BCUT2D eigenvalue weighted by atomic mass is 10.1. The second-order valence-corrected chi connectivity index (χ2v) is 4.14. The summed E-state index contributed by atoms with van der Waals surface area (Å²) in [6.07, 6.45) is 1.71. The first kappa shape index (κ1) is 11.5. The van der Waals surface area contributed by atoms with Crippen LogP contribution in [0.3, 0.4) is 0 Å². The third-order valence-corrected chi connectivity index (χ3v) is 2.75. The van der Waals surface area contributed by atoms with E-state index in [-0.39, 0.29) is 0 Å². The van der Waals surface area contributed by atoms with Crippen LogP contribution in [0, 0.1) is 13.8 Å². The number of benzene rings is 1. The van der Waals surface area contributed by atoms with Gasteiger partial charge in [-0.3, -0.25) is 0 Å². The average Bonchev–Trinajstić information content (AvgIpc) is 2.33. The van der Waals surface area contributed by atoms with Gasteiger partial charge in [-0.1, -0.05) is 12.1 Å². The number of aromatic nitrogens is 3. The molecule has 0 radical (unpaired) electrons. The Hall–Kier alpha value is -1.97. The minimum absolute atomic E-state index is 0.790. The SMILES string of the molecule is Cc1nnc(CCc2ccc(N)cc2)nc1C. The number of anilines is 1. The van der Waals surface area contributed by atoms with Gasteiger partial charge in [-0.15, -0.1) is 5.10 Å². The maximum absolute atomic E-state index is 5.64. The van der Waals surface area contributed by atoms with Gasteiger partial charge in [0.25, 0.3) is 0 Å². The molecule has 0 atom stereocenters. The molecule has 0 spiro atoms. The van der Waals surface area contributed by atoms with Gasteiger partial charge in [0.15, 0.2) is 5.82 Å². The van der Waals surface area contributed by atoms with Crippen molar-refractivity contribution in [3.63, 3.8) is 0 Å². The molecule has 2 N–H and O–H groups in total. The molecule has 2 rings (SSSR count). The molecule has 88 valence electrons. The fourth-order valence-electron chi connectivity index (χ4n) is 1.55. The molecule has 0 saturated carbocycles. The molecule has 0 aliphatic rings. The topological polar surface area (TPSA) is 64.7 Å². The van der Waals surface area contributed by atoms with Crippen molar-refractivity contribution in [1.29, 1.82) is 0 Å². The monoisotopic (exact) mass is 228 g/mol. The zero-order valence-corrected chi connectivity index (χ0v) is 10.1. The van der Waals surface area contributed by atoms with E-state index in [2.05, 4.69) is 15.2 Å². The molecule has 0 saturated heterocycles. The summed E-state index contributed by atoms with van der Waals surface area (Å²) in [6.45, 7) is 3.87. The van der Waals surface area contributed by atoms with Crippen LogP contribution < -0.4 is 5.73 Å². The van der Waals surface area contributed by atoms with Gasteiger partial charge in [0.05, 0.1) is 11.4 Å². The van der Waals surface area contributed by atoms with E-state index in [0.29, 0.717) is 0 Å². The molecule has 0 unspecified atom stereocenters. The quantitative estimate of drug-likeness (QED) is 0.814. The number of nitrogens with zero attached hydrogens (tertiary/aromatic N) is 3. The van der Waals surface area contributed by atoms with E-state index < -0.39 is 0 Å². The van der Waals surface area contributed by atoms with E-state index in [9.17, 15) is 0 Å². The number of nitrogen functional groups attached to an aromatic ring is 1. The standard InChI is InChI=1S/C13H16N4/c1-9-10(2)16-17-13(15-9)8-5-11-3-6-12(14)7-4-11/h3-4,6-7H,5,8,14H2,1-2H3. The smallest absolute Gasteiger partial charge is 0.151 e. The van der Waals surface area contributed by atoms with Gasteiger partial charge in [-0.25, -0.2) is 4.98 Å². The molecule has 1 aromatic heterocycles. The maximum atomic E-state index is 5.64. The summed E-state index contributed by atoms with van der Waals surface area (Å²) < 4.78 is 0. The van der Waals surface area contributed by atoms with Gasteiger partial charge in [-0.05, 0) is 38.0 Å². The van der Waals surface area contributed by atoms with Crippen LogP contribution in [0.25, 0.3) is 0 Å². The van der Waals surface area contributed by atoms with Gasteiger partial charge in [0.2, 0.25) is 0 Å². The summed E-state index contributed by atoms with van der Waals surface area (Å²) >= 11 is 0. The molecular weight excluding hydrogens is 212 g/mol. The molecule has 1 heterocycles. The van der Waals surface area contributed by atoms with E-state index in [0.717, 1.165) is 35.7 Å². The minimum atomic E-state index is 0.790. The predicted molar refractivity (Wildman–Crippen MR) is 67.6 cm³/mol. The van der Waals surface area contributed by atoms with Gasteiger partial charge in [-0.2, -0.15) is 5.10 Å². The zero-order chi connectivity index (χ0) is 12.3. The molecule has 1 aromatic carbocycles. The Bertz CT molecular complexity index is 505. The first-order valence-corrected chi connectivity index (χ1v) is 5.66. The Balaban J connectivity index is 2.02. The number of hydrogen-bond acceptors (Lipinski definition) is 4. The van der Waals surface area contributed by atoms with Crippen LogP contribution >= 0.6 is 0 Å². The van der Waals surface area contributed by atoms with Crippen LogP contribution in [0.1, 0.15) is 22.8 Å². The lowest BCUT2D eigenvalue weighted by Crippen LogP contribution is -2.04. The predicted octanol–water partition coefficient (Wildman–Crippen LogP) is 1.86. The highest BCUT2D eigenvalue weighted by Crippen LogP contribution is 2.08. The third kappa shape index (κ3) is 3.00. The van der Waals surface area contributed by atoms with E-state index in [4.69, 9.17) is 5.73 Å². The zero-order valence-electron chi connectivity index (χ0n) is 10.1. The Morgan fingerprint density at radius 2 is 1.65 bits per heavy atom. The normalized spacial score (nSPS) is 10.5. The summed E-state index contributed by atoms with van der Waals surface area (Å²) in [7, 11) is 0. The molecule has 4 heteroatoms. The summed E-state index contributed by atoms with van der Waals surface area (Å²) in [6, 6.07) is 7.89. The van der Waals surface area contributed by atoms with Crippen molar-refractivity contribution in [3.8, 4) is 0 Å². The number of aryl methyl sites for hydroxylation is 4. The lowest BCUT2D eigenvalue weighted by Gasteiger charge is -2.03. The van der Waals surface area contributed by atoms with Crippen LogP contribution in [0.4, 0.5) is 5.69 Å². The minimum Gasteiger partial charge on any atom is -0.399 e. The van der Waals surface area contributed by atoms with Gasteiger partial charge < -0.3 is 5.73 Å².